The number of aromatic nitrogens is 2. The van der Waals surface area contributed by atoms with Gasteiger partial charge in [0.1, 0.15) is 0 Å². The highest BCUT2D eigenvalue weighted by Crippen LogP contribution is 2.26. The fourth-order valence-electron chi connectivity index (χ4n) is 2.40. The Hall–Kier alpha value is -1.68. The number of rotatable bonds is 3. The van der Waals surface area contributed by atoms with E-state index in [0.29, 0.717) is 17.7 Å². The summed E-state index contributed by atoms with van der Waals surface area (Å²) in [7, 11) is 0. The summed E-state index contributed by atoms with van der Waals surface area (Å²) in [4.78, 5) is 0. The van der Waals surface area contributed by atoms with Crippen LogP contribution >= 0.6 is 0 Å². The molecule has 0 aliphatic carbocycles. The van der Waals surface area contributed by atoms with E-state index in [1.165, 1.54) is 12.0 Å². The van der Waals surface area contributed by atoms with Gasteiger partial charge >= 0.3 is 0 Å². The van der Waals surface area contributed by atoms with Crippen LogP contribution in [-0.2, 0) is 0 Å². The summed E-state index contributed by atoms with van der Waals surface area (Å²) in [5.41, 5.74) is 2.31. The first-order valence-corrected chi connectivity index (χ1v) is 6.91. The molecule has 1 aliphatic rings. The summed E-state index contributed by atoms with van der Waals surface area (Å²) in [6.45, 7) is 5.41. The van der Waals surface area contributed by atoms with E-state index in [1.807, 2.05) is 0 Å². The highest BCUT2D eigenvalue weighted by molar-refractivity contribution is 5.53. The second-order valence-corrected chi connectivity index (χ2v) is 5.37. The molecule has 1 aromatic heterocycles. The van der Waals surface area contributed by atoms with Crippen molar-refractivity contribution in [3.8, 4) is 11.5 Å². The molecule has 2 heterocycles. The first kappa shape index (κ1) is 12.4. The molecule has 0 radical (unpaired) electrons. The minimum absolute atomic E-state index is 0.233. The van der Waals surface area contributed by atoms with E-state index >= 15 is 0 Å². The number of nitrogens with one attached hydrogen (secondary N) is 1. The van der Waals surface area contributed by atoms with Gasteiger partial charge in [-0.2, -0.15) is 0 Å². The van der Waals surface area contributed by atoms with E-state index in [1.54, 1.807) is 0 Å². The number of benzene rings is 1. The van der Waals surface area contributed by atoms with Crippen LogP contribution in [0.2, 0.25) is 0 Å². The van der Waals surface area contributed by atoms with Crippen LogP contribution in [0.5, 0.6) is 0 Å². The molecular weight excluding hydrogens is 238 g/mol. The van der Waals surface area contributed by atoms with Gasteiger partial charge in [-0.3, -0.25) is 0 Å². The Morgan fingerprint density at radius 2 is 2.00 bits per heavy atom. The lowest BCUT2D eigenvalue weighted by atomic mass is 10.0. The third-order valence-electron chi connectivity index (χ3n) is 3.62. The van der Waals surface area contributed by atoms with E-state index in [-0.39, 0.29) is 6.04 Å². The number of nitrogens with zero attached hydrogens (tertiary/aromatic N) is 2. The SMILES string of the molecule is CC(C)c1ccc(-c2nnc(C3CCCN3)o2)cc1. The summed E-state index contributed by atoms with van der Waals surface area (Å²) in [6, 6.07) is 8.58. The highest BCUT2D eigenvalue weighted by Gasteiger charge is 2.22. The molecule has 0 amide bonds. The Balaban J connectivity index is 1.81. The van der Waals surface area contributed by atoms with E-state index in [4.69, 9.17) is 4.42 Å². The summed E-state index contributed by atoms with van der Waals surface area (Å²) in [5.74, 6) is 1.86. The topological polar surface area (TPSA) is 51.0 Å². The Bertz CT molecular complexity index is 539. The Morgan fingerprint density at radius 1 is 1.21 bits per heavy atom. The first-order chi connectivity index (χ1) is 9.24. The van der Waals surface area contributed by atoms with Gasteiger partial charge in [-0.1, -0.05) is 26.0 Å². The average Bonchev–Trinajstić information content (AvgIpc) is 3.10. The van der Waals surface area contributed by atoms with Crippen LogP contribution in [0, 0.1) is 0 Å². The minimum atomic E-state index is 0.233. The molecule has 4 nitrogen and oxygen atoms in total. The van der Waals surface area contributed by atoms with E-state index in [0.717, 1.165) is 18.5 Å². The van der Waals surface area contributed by atoms with Crippen LogP contribution in [0.3, 0.4) is 0 Å². The van der Waals surface area contributed by atoms with Crippen molar-refractivity contribution >= 4 is 0 Å². The molecule has 2 aromatic rings. The van der Waals surface area contributed by atoms with E-state index in [9.17, 15) is 0 Å². The first-order valence-electron chi connectivity index (χ1n) is 6.91. The summed E-state index contributed by atoms with van der Waals surface area (Å²) < 4.78 is 5.77. The molecule has 1 aromatic carbocycles. The molecule has 19 heavy (non-hydrogen) atoms. The molecule has 1 unspecified atom stereocenters. The van der Waals surface area contributed by atoms with Gasteiger partial charge < -0.3 is 9.73 Å². The number of hydrogen-bond acceptors (Lipinski definition) is 4. The predicted molar refractivity (Wildman–Crippen MR) is 73.8 cm³/mol. The van der Waals surface area contributed by atoms with Gasteiger partial charge in [0.2, 0.25) is 11.8 Å². The van der Waals surface area contributed by atoms with Crippen molar-refractivity contribution in [1.29, 1.82) is 0 Å². The maximum absolute atomic E-state index is 5.77. The summed E-state index contributed by atoms with van der Waals surface area (Å²) >= 11 is 0. The van der Waals surface area contributed by atoms with Crippen LogP contribution < -0.4 is 5.32 Å². The monoisotopic (exact) mass is 257 g/mol. The van der Waals surface area contributed by atoms with Gasteiger partial charge in [0.25, 0.3) is 0 Å². The van der Waals surface area contributed by atoms with E-state index < -0.39 is 0 Å². The third-order valence-corrected chi connectivity index (χ3v) is 3.62. The zero-order valence-electron chi connectivity index (χ0n) is 11.4. The standard InChI is InChI=1S/C15H19N3O/c1-10(2)11-5-7-12(8-6-11)14-17-18-15(19-14)13-4-3-9-16-13/h5-8,10,13,16H,3-4,9H2,1-2H3. The van der Waals surface area contributed by atoms with E-state index in [2.05, 4.69) is 53.6 Å². The summed E-state index contributed by atoms with van der Waals surface area (Å²) in [6.07, 6.45) is 2.25. The molecular formula is C15H19N3O. The molecule has 0 saturated carbocycles. The molecule has 4 heteroatoms. The highest BCUT2D eigenvalue weighted by atomic mass is 16.4. The minimum Gasteiger partial charge on any atom is -0.419 e. The lowest BCUT2D eigenvalue weighted by molar-refractivity contribution is 0.437. The zero-order chi connectivity index (χ0) is 13.2. The quantitative estimate of drug-likeness (QED) is 0.916. The van der Waals surface area contributed by atoms with Crippen LogP contribution in [0.15, 0.2) is 28.7 Å². The fourth-order valence-corrected chi connectivity index (χ4v) is 2.40. The second kappa shape index (κ2) is 5.13. The smallest absolute Gasteiger partial charge is 0.247 e. The van der Waals surface area contributed by atoms with Crippen LogP contribution in [0.25, 0.3) is 11.5 Å². The molecule has 1 atom stereocenters. The molecule has 0 bridgehead atoms. The predicted octanol–water partition coefficient (Wildman–Crippen LogP) is 3.28. The Labute approximate surface area is 113 Å². The van der Waals surface area contributed by atoms with Gasteiger partial charge in [0, 0.05) is 5.56 Å². The number of hydrogen-bond donors (Lipinski definition) is 1. The van der Waals surface area contributed by atoms with Crippen molar-refractivity contribution in [2.45, 2.75) is 38.6 Å². The largest absolute Gasteiger partial charge is 0.419 e. The van der Waals surface area contributed by atoms with Crippen LogP contribution in [-0.4, -0.2) is 16.7 Å². The van der Waals surface area contributed by atoms with Gasteiger partial charge in [0.05, 0.1) is 6.04 Å². The Morgan fingerprint density at radius 3 is 2.63 bits per heavy atom. The van der Waals surface area contributed by atoms with Crippen molar-refractivity contribution in [2.75, 3.05) is 6.54 Å². The summed E-state index contributed by atoms with van der Waals surface area (Å²) in [5, 5.41) is 11.7. The van der Waals surface area contributed by atoms with Crippen molar-refractivity contribution in [3.63, 3.8) is 0 Å². The normalized spacial score (nSPS) is 19.2. The maximum atomic E-state index is 5.77. The average molecular weight is 257 g/mol. The lowest BCUT2D eigenvalue weighted by Gasteiger charge is -2.05. The van der Waals surface area contributed by atoms with Gasteiger partial charge in [-0.05, 0) is 43.0 Å². The zero-order valence-corrected chi connectivity index (χ0v) is 11.4. The molecule has 1 aliphatic heterocycles. The van der Waals surface area contributed by atoms with Crippen LogP contribution in [0.4, 0.5) is 0 Å². The van der Waals surface area contributed by atoms with Crippen molar-refractivity contribution in [2.24, 2.45) is 0 Å². The Kier molecular flexibility index (Phi) is 3.34. The maximum Gasteiger partial charge on any atom is 0.247 e. The van der Waals surface area contributed by atoms with Gasteiger partial charge in [-0.15, -0.1) is 10.2 Å². The third kappa shape index (κ3) is 2.54. The molecule has 100 valence electrons. The van der Waals surface area contributed by atoms with Crippen LogP contribution in [0.1, 0.15) is 50.1 Å². The molecule has 1 N–H and O–H groups in total. The van der Waals surface area contributed by atoms with Gasteiger partial charge in [-0.25, -0.2) is 0 Å². The van der Waals surface area contributed by atoms with Gasteiger partial charge in [0.15, 0.2) is 0 Å². The molecule has 3 rings (SSSR count). The lowest BCUT2D eigenvalue weighted by Crippen LogP contribution is -2.12. The molecule has 0 spiro atoms. The fraction of sp³-hybridized carbons (Fsp3) is 0.467. The second-order valence-electron chi connectivity index (χ2n) is 5.37. The molecule has 1 fully saturated rings. The van der Waals surface area contributed by atoms with Crippen molar-refractivity contribution < 1.29 is 4.42 Å². The van der Waals surface area contributed by atoms with Crippen molar-refractivity contribution in [3.05, 3.63) is 35.7 Å². The van der Waals surface area contributed by atoms with Crippen molar-refractivity contribution in [1.82, 2.24) is 15.5 Å². The molecule has 1 saturated heterocycles.